The number of carbonyl (C=O) groups is 1. The maximum absolute atomic E-state index is 12.2. The lowest BCUT2D eigenvalue weighted by Crippen LogP contribution is -2.15. The Kier molecular flexibility index (Phi) is 5.14. The van der Waals surface area contributed by atoms with Crippen LogP contribution in [-0.2, 0) is 16.1 Å². The van der Waals surface area contributed by atoms with E-state index in [1.165, 1.54) is 11.3 Å². The Balaban J connectivity index is 1.55. The van der Waals surface area contributed by atoms with Crippen LogP contribution in [0.3, 0.4) is 0 Å². The molecule has 3 aromatic rings. The molecule has 6 nitrogen and oxygen atoms in total. The van der Waals surface area contributed by atoms with Crippen LogP contribution in [0.15, 0.2) is 35.1 Å². The van der Waals surface area contributed by atoms with Crippen molar-refractivity contribution in [1.82, 2.24) is 9.97 Å². The molecule has 7 heteroatoms. The summed E-state index contributed by atoms with van der Waals surface area (Å²) in [6, 6.07) is 9.25. The predicted molar refractivity (Wildman–Crippen MR) is 96.1 cm³/mol. The van der Waals surface area contributed by atoms with Crippen molar-refractivity contribution >= 4 is 27.5 Å². The third kappa shape index (κ3) is 4.06. The van der Waals surface area contributed by atoms with Crippen molar-refractivity contribution < 1.29 is 14.3 Å². The van der Waals surface area contributed by atoms with E-state index in [1.54, 1.807) is 0 Å². The van der Waals surface area contributed by atoms with E-state index in [4.69, 9.17) is 9.47 Å². The van der Waals surface area contributed by atoms with Crippen LogP contribution in [-0.4, -0.2) is 22.5 Å². The summed E-state index contributed by atoms with van der Waals surface area (Å²) >= 11 is 1.46. The van der Waals surface area contributed by atoms with E-state index >= 15 is 0 Å². The Morgan fingerprint density at radius 3 is 2.76 bits per heavy atom. The number of carbonyl (C=O) groups excluding carboxylic acids is 1. The molecule has 0 fully saturated rings. The van der Waals surface area contributed by atoms with E-state index in [0.29, 0.717) is 21.8 Å². The minimum absolute atomic E-state index is 0.0641. The zero-order valence-corrected chi connectivity index (χ0v) is 14.8. The minimum atomic E-state index is -0.405. The normalized spacial score (nSPS) is 10.8. The Bertz CT molecular complexity index is 947. The number of ether oxygens (including phenoxy) is 2. The topological polar surface area (TPSA) is 81.3 Å². The fraction of sp³-hybridized carbons (Fsp3) is 0.278. The van der Waals surface area contributed by atoms with E-state index in [1.807, 2.05) is 44.2 Å². The van der Waals surface area contributed by atoms with Gasteiger partial charge in [-0.2, -0.15) is 0 Å². The molecule has 1 aromatic carbocycles. The number of benzene rings is 1. The molecule has 0 atom stereocenters. The first-order valence-corrected chi connectivity index (χ1v) is 8.68. The predicted octanol–water partition coefficient (Wildman–Crippen LogP) is 3.11. The second-order valence-electron chi connectivity index (χ2n) is 5.55. The number of nitrogens with zero attached hydrogens (tertiary/aromatic N) is 1. The first kappa shape index (κ1) is 17.2. The maximum atomic E-state index is 12.2. The number of rotatable bonds is 6. The standard InChI is InChI=1S/C18H18N2O4S/c1-11-12(2)25-18-16(11)17(22)19-14(20-18)10-24-15(21)8-9-23-13-6-4-3-5-7-13/h3-7H,8-10H2,1-2H3,(H,19,20,22). The van der Waals surface area contributed by atoms with Crippen molar-refractivity contribution in [2.45, 2.75) is 26.9 Å². The Labute approximate surface area is 148 Å². The van der Waals surface area contributed by atoms with Crippen molar-refractivity contribution in [1.29, 1.82) is 0 Å². The van der Waals surface area contributed by atoms with E-state index < -0.39 is 5.97 Å². The van der Waals surface area contributed by atoms with Crippen molar-refractivity contribution in [2.24, 2.45) is 0 Å². The summed E-state index contributed by atoms with van der Waals surface area (Å²) < 4.78 is 10.6. The lowest BCUT2D eigenvalue weighted by molar-refractivity contribution is -0.145. The third-order valence-corrected chi connectivity index (χ3v) is 4.88. The van der Waals surface area contributed by atoms with Crippen LogP contribution in [0.2, 0.25) is 0 Å². The molecule has 1 N–H and O–H groups in total. The number of hydrogen-bond acceptors (Lipinski definition) is 6. The summed E-state index contributed by atoms with van der Waals surface area (Å²) in [5.74, 6) is 0.642. The number of aromatic amines is 1. The van der Waals surface area contributed by atoms with Crippen LogP contribution in [0.4, 0.5) is 0 Å². The zero-order valence-electron chi connectivity index (χ0n) is 14.0. The van der Waals surface area contributed by atoms with E-state index in [9.17, 15) is 9.59 Å². The molecule has 0 aliphatic heterocycles. The molecule has 0 saturated heterocycles. The second-order valence-corrected chi connectivity index (χ2v) is 6.75. The zero-order chi connectivity index (χ0) is 17.8. The van der Waals surface area contributed by atoms with Gasteiger partial charge in [0.05, 0.1) is 18.4 Å². The van der Waals surface area contributed by atoms with Gasteiger partial charge in [0, 0.05) is 4.88 Å². The molecule has 0 spiro atoms. The van der Waals surface area contributed by atoms with Gasteiger partial charge in [0.15, 0.2) is 0 Å². The van der Waals surface area contributed by atoms with Gasteiger partial charge in [0.1, 0.15) is 23.0 Å². The van der Waals surface area contributed by atoms with E-state index in [0.717, 1.165) is 10.4 Å². The van der Waals surface area contributed by atoms with Crippen LogP contribution >= 0.6 is 11.3 Å². The SMILES string of the molecule is Cc1sc2nc(COC(=O)CCOc3ccccc3)[nH]c(=O)c2c1C. The van der Waals surface area contributed by atoms with Gasteiger partial charge in [-0.05, 0) is 31.5 Å². The number of H-pyrrole nitrogens is 1. The van der Waals surface area contributed by atoms with Crippen LogP contribution in [0.25, 0.3) is 10.2 Å². The number of thiophene rings is 1. The summed E-state index contributed by atoms with van der Waals surface area (Å²) in [5, 5.41) is 0.605. The first-order valence-electron chi connectivity index (χ1n) is 7.87. The lowest BCUT2D eigenvalue weighted by Gasteiger charge is -2.06. The molecular weight excluding hydrogens is 340 g/mol. The summed E-state index contributed by atoms with van der Waals surface area (Å²) in [7, 11) is 0. The van der Waals surface area contributed by atoms with Gasteiger partial charge < -0.3 is 14.5 Å². The van der Waals surface area contributed by atoms with E-state index in [-0.39, 0.29) is 25.2 Å². The highest BCUT2D eigenvalue weighted by Gasteiger charge is 2.13. The fourth-order valence-electron chi connectivity index (χ4n) is 2.36. The highest BCUT2D eigenvalue weighted by Crippen LogP contribution is 2.25. The van der Waals surface area contributed by atoms with Gasteiger partial charge in [0.2, 0.25) is 0 Å². The third-order valence-electron chi connectivity index (χ3n) is 3.78. The quantitative estimate of drug-likeness (QED) is 0.685. The van der Waals surface area contributed by atoms with Crippen molar-refractivity contribution in [3.63, 3.8) is 0 Å². The highest BCUT2D eigenvalue weighted by molar-refractivity contribution is 7.18. The number of hydrogen-bond donors (Lipinski definition) is 1. The molecule has 2 aromatic heterocycles. The molecular formula is C18H18N2O4S. The summed E-state index contributed by atoms with van der Waals surface area (Å²) in [6.07, 6.45) is 0.124. The molecule has 0 aliphatic rings. The summed E-state index contributed by atoms with van der Waals surface area (Å²) in [6.45, 7) is 4.02. The van der Waals surface area contributed by atoms with Crippen LogP contribution < -0.4 is 10.3 Å². The van der Waals surface area contributed by atoms with Crippen molar-refractivity contribution in [3.05, 3.63) is 57.0 Å². The molecule has 0 amide bonds. The monoisotopic (exact) mass is 358 g/mol. The van der Waals surface area contributed by atoms with Crippen LogP contribution in [0.5, 0.6) is 5.75 Å². The fourth-order valence-corrected chi connectivity index (χ4v) is 3.41. The number of fused-ring (bicyclic) bond motifs is 1. The van der Waals surface area contributed by atoms with Crippen LogP contribution in [0.1, 0.15) is 22.7 Å². The average Bonchev–Trinajstić information content (AvgIpc) is 2.88. The number of nitrogens with one attached hydrogen (secondary N) is 1. The maximum Gasteiger partial charge on any atom is 0.309 e. The van der Waals surface area contributed by atoms with Crippen molar-refractivity contribution in [3.8, 4) is 5.75 Å². The van der Waals surface area contributed by atoms with Gasteiger partial charge in [-0.25, -0.2) is 4.98 Å². The molecule has 0 bridgehead atoms. The molecule has 130 valence electrons. The Hall–Kier alpha value is -2.67. The molecule has 3 rings (SSSR count). The minimum Gasteiger partial charge on any atom is -0.493 e. The number of aryl methyl sites for hydroxylation is 2. The Morgan fingerprint density at radius 2 is 2.00 bits per heavy atom. The average molecular weight is 358 g/mol. The highest BCUT2D eigenvalue weighted by atomic mass is 32.1. The smallest absolute Gasteiger partial charge is 0.309 e. The van der Waals surface area contributed by atoms with Crippen molar-refractivity contribution in [2.75, 3.05) is 6.61 Å². The molecule has 0 unspecified atom stereocenters. The second kappa shape index (κ2) is 7.48. The first-order chi connectivity index (χ1) is 12.0. The molecule has 0 aliphatic carbocycles. The largest absolute Gasteiger partial charge is 0.493 e. The van der Waals surface area contributed by atoms with Gasteiger partial charge in [0.25, 0.3) is 5.56 Å². The lowest BCUT2D eigenvalue weighted by atomic mass is 10.2. The molecule has 2 heterocycles. The van der Waals surface area contributed by atoms with Gasteiger partial charge >= 0.3 is 5.97 Å². The number of para-hydroxylation sites is 1. The molecule has 25 heavy (non-hydrogen) atoms. The summed E-state index contributed by atoms with van der Waals surface area (Å²) in [5.41, 5.74) is 0.737. The van der Waals surface area contributed by atoms with Gasteiger partial charge in [-0.3, -0.25) is 9.59 Å². The van der Waals surface area contributed by atoms with Crippen LogP contribution in [0, 0.1) is 13.8 Å². The molecule has 0 saturated carbocycles. The van der Waals surface area contributed by atoms with E-state index in [2.05, 4.69) is 9.97 Å². The number of esters is 1. The molecule has 0 radical (unpaired) electrons. The Morgan fingerprint density at radius 1 is 1.24 bits per heavy atom. The van der Waals surface area contributed by atoms with Gasteiger partial charge in [-0.15, -0.1) is 11.3 Å². The summed E-state index contributed by atoms with van der Waals surface area (Å²) in [4.78, 5) is 32.7. The van der Waals surface area contributed by atoms with Gasteiger partial charge in [-0.1, -0.05) is 18.2 Å². The number of aromatic nitrogens is 2.